The normalized spacial score (nSPS) is 21.9. The molecular weight excluding hydrogens is 323 g/mol. The molecule has 0 saturated heterocycles. The smallest absolute Gasteiger partial charge is 0.238 e. The minimum Gasteiger partial charge on any atom is -0.396 e. The summed E-state index contributed by atoms with van der Waals surface area (Å²) >= 11 is 12.0. The number of hydrogen-bond donors (Lipinski definition) is 2. The topological polar surface area (TPSA) is 52.6 Å². The highest BCUT2D eigenvalue weighted by Crippen LogP contribution is 2.27. The van der Waals surface area contributed by atoms with Crippen molar-refractivity contribution in [3.05, 3.63) is 28.2 Å². The van der Waals surface area contributed by atoms with Crippen molar-refractivity contribution < 1.29 is 9.90 Å². The van der Waals surface area contributed by atoms with E-state index in [-0.39, 0.29) is 12.5 Å². The van der Waals surface area contributed by atoms with Crippen molar-refractivity contribution in [2.75, 3.05) is 25.5 Å². The monoisotopic (exact) mass is 344 g/mol. The molecule has 0 aromatic heterocycles. The Morgan fingerprint density at radius 1 is 1.32 bits per heavy atom. The molecule has 2 N–H and O–H groups in total. The fourth-order valence-electron chi connectivity index (χ4n) is 2.91. The van der Waals surface area contributed by atoms with E-state index in [0.29, 0.717) is 34.2 Å². The Bertz CT molecular complexity index is 517. The molecule has 1 aromatic carbocycles. The van der Waals surface area contributed by atoms with E-state index in [1.54, 1.807) is 18.2 Å². The lowest BCUT2D eigenvalue weighted by atomic mass is 9.86. The van der Waals surface area contributed by atoms with Crippen molar-refractivity contribution in [1.29, 1.82) is 0 Å². The van der Waals surface area contributed by atoms with E-state index in [1.165, 1.54) is 0 Å². The van der Waals surface area contributed by atoms with Crippen LogP contribution in [-0.4, -0.2) is 42.2 Å². The van der Waals surface area contributed by atoms with Gasteiger partial charge in [0.05, 0.1) is 17.3 Å². The highest BCUT2D eigenvalue weighted by molar-refractivity contribution is 6.35. The maximum absolute atomic E-state index is 12.2. The van der Waals surface area contributed by atoms with Gasteiger partial charge >= 0.3 is 0 Å². The first-order chi connectivity index (χ1) is 10.5. The number of carbonyl (C=O) groups is 1. The molecule has 0 heterocycles. The quantitative estimate of drug-likeness (QED) is 0.860. The molecule has 0 radical (unpaired) electrons. The summed E-state index contributed by atoms with van der Waals surface area (Å²) in [6.07, 6.45) is 4.08. The van der Waals surface area contributed by atoms with Crippen LogP contribution in [0.15, 0.2) is 18.2 Å². The van der Waals surface area contributed by atoms with E-state index < -0.39 is 0 Å². The number of likely N-dealkylation sites (N-methyl/N-ethyl adjacent to an activating group) is 1. The van der Waals surface area contributed by atoms with E-state index in [4.69, 9.17) is 23.2 Å². The van der Waals surface area contributed by atoms with E-state index in [2.05, 4.69) is 10.2 Å². The SMILES string of the molecule is CN(CC(=O)Nc1cc(Cl)ccc1Cl)C1CCC(CO)CC1. The fourth-order valence-corrected chi connectivity index (χ4v) is 3.24. The number of anilines is 1. The van der Waals surface area contributed by atoms with Crippen LogP contribution < -0.4 is 5.32 Å². The van der Waals surface area contributed by atoms with Gasteiger partial charge in [-0.25, -0.2) is 0 Å². The largest absolute Gasteiger partial charge is 0.396 e. The summed E-state index contributed by atoms with van der Waals surface area (Å²) < 4.78 is 0. The van der Waals surface area contributed by atoms with Gasteiger partial charge in [-0.05, 0) is 56.8 Å². The second kappa shape index (κ2) is 8.16. The minimum atomic E-state index is -0.101. The Labute approximate surface area is 141 Å². The Morgan fingerprint density at radius 3 is 2.64 bits per heavy atom. The van der Waals surface area contributed by atoms with Gasteiger partial charge in [0.1, 0.15) is 0 Å². The zero-order valence-corrected chi connectivity index (χ0v) is 14.2. The molecule has 22 heavy (non-hydrogen) atoms. The number of aliphatic hydroxyl groups excluding tert-OH is 1. The number of benzene rings is 1. The van der Waals surface area contributed by atoms with Crippen LogP contribution in [0.1, 0.15) is 25.7 Å². The zero-order chi connectivity index (χ0) is 16.1. The Morgan fingerprint density at radius 2 is 2.00 bits per heavy atom. The molecule has 1 aliphatic rings. The standard InChI is InChI=1S/C16H22Cl2N2O2/c1-20(13-5-2-11(10-21)3-6-13)9-16(22)19-15-8-12(17)4-7-14(15)18/h4,7-8,11,13,21H,2-3,5-6,9-10H2,1H3,(H,19,22). The summed E-state index contributed by atoms with van der Waals surface area (Å²) in [5.41, 5.74) is 0.538. The molecule has 1 saturated carbocycles. The molecule has 122 valence electrons. The van der Waals surface area contributed by atoms with Crippen LogP contribution in [-0.2, 0) is 4.79 Å². The highest BCUT2D eigenvalue weighted by atomic mass is 35.5. The second-order valence-electron chi connectivity index (χ2n) is 5.94. The number of hydrogen-bond acceptors (Lipinski definition) is 3. The molecule has 0 spiro atoms. The number of rotatable bonds is 5. The summed E-state index contributed by atoms with van der Waals surface area (Å²) in [7, 11) is 1.96. The molecule has 1 aromatic rings. The predicted octanol–water partition coefficient (Wildman–Crippen LogP) is 3.41. The van der Waals surface area contributed by atoms with Gasteiger partial charge in [0.15, 0.2) is 0 Å². The Kier molecular flexibility index (Phi) is 6.50. The molecule has 1 aliphatic carbocycles. The fraction of sp³-hybridized carbons (Fsp3) is 0.562. The molecular formula is C16H22Cl2N2O2. The third kappa shape index (κ3) is 4.85. The van der Waals surface area contributed by atoms with E-state index in [1.807, 2.05) is 7.05 Å². The number of nitrogens with one attached hydrogen (secondary N) is 1. The van der Waals surface area contributed by atoms with Gasteiger partial charge in [-0.1, -0.05) is 23.2 Å². The van der Waals surface area contributed by atoms with Gasteiger partial charge in [-0.3, -0.25) is 9.69 Å². The molecule has 4 nitrogen and oxygen atoms in total. The third-order valence-corrected chi connectivity index (χ3v) is 4.86. The van der Waals surface area contributed by atoms with Crippen molar-refractivity contribution in [3.8, 4) is 0 Å². The predicted molar refractivity (Wildman–Crippen MR) is 90.6 cm³/mol. The van der Waals surface area contributed by atoms with Crippen LogP contribution in [0.4, 0.5) is 5.69 Å². The van der Waals surface area contributed by atoms with Crippen molar-refractivity contribution in [1.82, 2.24) is 4.90 Å². The van der Waals surface area contributed by atoms with Crippen molar-refractivity contribution in [2.45, 2.75) is 31.7 Å². The average molecular weight is 345 g/mol. The molecule has 2 rings (SSSR count). The second-order valence-corrected chi connectivity index (χ2v) is 6.79. The maximum atomic E-state index is 12.2. The lowest BCUT2D eigenvalue weighted by molar-refractivity contribution is -0.117. The van der Waals surface area contributed by atoms with Crippen molar-refractivity contribution in [3.63, 3.8) is 0 Å². The lowest BCUT2D eigenvalue weighted by Gasteiger charge is -2.33. The van der Waals surface area contributed by atoms with Gasteiger partial charge in [0.2, 0.25) is 5.91 Å². The molecule has 0 aliphatic heterocycles. The summed E-state index contributed by atoms with van der Waals surface area (Å²) in [5.74, 6) is 0.319. The first-order valence-electron chi connectivity index (χ1n) is 7.55. The van der Waals surface area contributed by atoms with Gasteiger partial charge in [0, 0.05) is 17.7 Å². The molecule has 1 fully saturated rings. The van der Waals surface area contributed by atoms with Crippen molar-refractivity contribution in [2.24, 2.45) is 5.92 Å². The molecule has 0 bridgehead atoms. The third-order valence-electron chi connectivity index (χ3n) is 4.29. The van der Waals surface area contributed by atoms with Crippen molar-refractivity contribution >= 4 is 34.8 Å². The number of halogens is 2. The summed E-state index contributed by atoms with van der Waals surface area (Å²) in [6, 6.07) is 5.39. The first-order valence-corrected chi connectivity index (χ1v) is 8.31. The van der Waals surface area contributed by atoms with Crippen LogP contribution in [0, 0.1) is 5.92 Å². The lowest BCUT2D eigenvalue weighted by Crippen LogP contribution is -2.40. The van der Waals surface area contributed by atoms with E-state index in [0.717, 1.165) is 25.7 Å². The molecule has 0 atom stereocenters. The first kappa shape index (κ1) is 17.5. The van der Waals surface area contributed by atoms with Gasteiger partial charge in [-0.15, -0.1) is 0 Å². The van der Waals surface area contributed by atoms with E-state index >= 15 is 0 Å². The number of carbonyl (C=O) groups excluding carboxylic acids is 1. The molecule has 6 heteroatoms. The number of aliphatic hydroxyl groups is 1. The van der Waals surface area contributed by atoms with Gasteiger partial charge in [-0.2, -0.15) is 0 Å². The summed E-state index contributed by atoms with van der Waals surface area (Å²) in [6.45, 7) is 0.585. The van der Waals surface area contributed by atoms with Crippen LogP contribution in [0.2, 0.25) is 10.0 Å². The maximum Gasteiger partial charge on any atom is 0.238 e. The Hall–Kier alpha value is -0.810. The average Bonchev–Trinajstić information content (AvgIpc) is 2.51. The minimum absolute atomic E-state index is 0.101. The highest BCUT2D eigenvalue weighted by Gasteiger charge is 2.24. The van der Waals surface area contributed by atoms with Crippen LogP contribution in [0.3, 0.4) is 0 Å². The van der Waals surface area contributed by atoms with Crippen LogP contribution in [0.5, 0.6) is 0 Å². The molecule has 1 amide bonds. The van der Waals surface area contributed by atoms with Crippen LogP contribution in [0.25, 0.3) is 0 Å². The number of amides is 1. The Balaban J connectivity index is 1.85. The number of nitrogens with zero attached hydrogens (tertiary/aromatic N) is 1. The van der Waals surface area contributed by atoms with Crippen LogP contribution >= 0.6 is 23.2 Å². The molecule has 0 unspecified atom stereocenters. The van der Waals surface area contributed by atoms with E-state index in [9.17, 15) is 9.90 Å². The zero-order valence-electron chi connectivity index (χ0n) is 12.7. The van der Waals surface area contributed by atoms with Gasteiger partial charge < -0.3 is 10.4 Å². The summed E-state index contributed by atoms with van der Waals surface area (Å²) in [5, 5.41) is 13.0. The van der Waals surface area contributed by atoms with Gasteiger partial charge in [0.25, 0.3) is 0 Å². The summed E-state index contributed by atoms with van der Waals surface area (Å²) in [4.78, 5) is 14.2.